The lowest BCUT2D eigenvalue weighted by Crippen LogP contribution is -2.30. The molecule has 14 heavy (non-hydrogen) atoms. The maximum Gasteiger partial charge on any atom is 0.0725 e. The van der Waals surface area contributed by atoms with Crippen LogP contribution < -0.4 is 5.32 Å². The van der Waals surface area contributed by atoms with Gasteiger partial charge in [0.25, 0.3) is 0 Å². The smallest absolute Gasteiger partial charge is 0.0725 e. The molecule has 1 heterocycles. The summed E-state index contributed by atoms with van der Waals surface area (Å²) in [6.07, 6.45) is 7.72. The minimum absolute atomic E-state index is 0.631. The molecule has 3 nitrogen and oxygen atoms in total. The average molecular weight is 193 g/mol. The molecule has 1 fully saturated rings. The molecule has 1 aliphatic rings. The first-order chi connectivity index (χ1) is 6.74. The van der Waals surface area contributed by atoms with Crippen molar-refractivity contribution in [2.75, 3.05) is 5.32 Å². The lowest BCUT2D eigenvalue weighted by Gasteiger charge is -2.32. The third-order valence-corrected chi connectivity index (χ3v) is 3.05. The Kier molecular flexibility index (Phi) is 2.75. The van der Waals surface area contributed by atoms with Crippen LogP contribution in [0.1, 0.15) is 33.1 Å². The molecule has 0 radical (unpaired) electrons. The average Bonchev–Trinajstić information content (AvgIpc) is 2.54. The van der Waals surface area contributed by atoms with Crippen LogP contribution in [0.2, 0.25) is 0 Å². The normalized spacial score (nSPS) is 32.9. The number of hydrogen-bond acceptors (Lipinski definition) is 2. The summed E-state index contributed by atoms with van der Waals surface area (Å²) in [6, 6.07) is 0.631. The summed E-state index contributed by atoms with van der Waals surface area (Å²) < 4.78 is 0. The van der Waals surface area contributed by atoms with E-state index in [1.54, 1.807) is 0 Å². The fourth-order valence-corrected chi connectivity index (χ4v) is 2.63. The lowest BCUT2D eigenvalue weighted by molar-refractivity contribution is 0.281. The number of nitrogens with zero attached hydrogens (tertiary/aromatic N) is 1. The monoisotopic (exact) mass is 193 g/mol. The number of rotatable bonds is 2. The third-order valence-electron chi connectivity index (χ3n) is 3.05. The standard InChI is InChI=1S/C11H19N3/c1-8-3-9(2)5-10(4-8)14-11-6-12-13-7-11/h6-10,14H,3-5H2,1-2H3,(H,12,13). The molecule has 0 aromatic carbocycles. The second-order valence-corrected chi connectivity index (χ2v) is 4.75. The van der Waals surface area contributed by atoms with Crippen molar-refractivity contribution in [1.82, 2.24) is 10.2 Å². The minimum atomic E-state index is 0.631. The van der Waals surface area contributed by atoms with Crippen LogP contribution in [0.25, 0.3) is 0 Å². The number of nitrogens with one attached hydrogen (secondary N) is 2. The van der Waals surface area contributed by atoms with Gasteiger partial charge in [-0.15, -0.1) is 0 Å². The van der Waals surface area contributed by atoms with Crippen molar-refractivity contribution >= 4 is 5.69 Å². The van der Waals surface area contributed by atoms with Gasteiger partial charge in [-0.05, 0) is 31.1 Å². The van der Waals surface area contributed by atoms with Crippen molar-refractivity contribution in [2.24, 2.45) is 11.8 Å². The molecule has 1 saturated carbocycles. The summed E-state index contributed by atoms with van der Waals surface area (Å²) in [7, 11) is 0. The lowest BCUT2D eigenvalue weighted by atomic mass is 9.80. The van der Waals surface area contributed by atoms with E-state index in [2.05, 4.69) is 29.4 Å². The highest BCUT2D eigenvalue weighted by Crippen LogP contribution is 2.30. The molecule has 2 N–H and O–H groups in total. The van der Waals surface area contributed by atoms with Crippen LogP contribution in [0.3, 0.4) is 0 Å². The summed E-state index contributed by atoms with van der Waals surface area (Å²) in [5.41, 5.74) is 1.12. The molecule has 2 rings (SSSR count). The molecule has 1 aromatic heterocycles. The van der Waals surface area contributed by atoms with E-state index >= 15 is 0 Å². The quantitative estimate of drug-likeness (QED) is 0.758. The van der Waals surface area contributed by atoms with Crippen LogP contribution in [-0.4, -0.2) is 16.2 Å². The molecule has 1 aromatic rings. The largest absolute Gasteiger partial charge is 0.380 e. The molecule has 78 valence electrons. The molecule has 1 aliphatic carbocycles. The van der Waals surface area contributed by atoms with Gasteiger partial charge in [-0.25, -0.2) is 0 Å². The fourth-order valence-electron chi connectivity index (χ4n) is 2.63. The van der Waals surface area contributed by atoms with Gasteiger partial charge in [0.15, 0.2) is 0 Å². The van der Waals surface area contributed by atoms with Gasteiger partial charge in [-0.1, -0.05) is 13.8 Å². The fraction of sp³-hybridized carbons (Fsp3) is 0.727. The maximum atomic E-state index is 3.94. The summed E-state index contributed by atoms with van der Waals surface area (Å²) in [6.45, 7) is 4.69. The second-order valence-electron chi connectivity index (χ2n) is 4.75. The van der Waals surface area contributed by atoms with E-state index < -0.39 is 0 Å². The van der Waals surface area contributed by atoms with Crippen molar-refractivity contribution in [2.45, 2.75) is 39.2 Å². The van der Waals surface area contributed by atoms with Crippen LogP contribution in [0.5, 0.6) is 0 Å². The Morgan fingerprint density at radius 2 is 2.00 bits per heavy atom. The van der Waals surface area contributed by atoms with Crippen molar-refractivity contribution in [1.29, 1.82) is 0 Å². The first kappa shape index (κ1) is 9.56. The Balaban J connectivity index is 1.91. The van der Waals surface area contributed by atoms with Gasteiger partial charge < -0.3 is 5.32 Å². The summed E-state index contributed by atoms with van der Waals surface area (Å²) in [5, 5.41) is 10.3. The number of aromatic amines is 1. The molecule has 0 amide bonds. The number of hydrogen-bond donors (Lipinski definition) is 2. The van der Waals surface area contributed by atoms with Crippen LogP contribution in [0.15, 0.2) is 12.4 Å². The van der Waals surface area contributed by atoms with Crippen molar-refractivity contribution in [3.63, 3.8) is 0 Å². The van der Waals surface area contributed by atoms with Crippen LogP contribution in [0, 0.1) is 11.8 Å². The SMILES string of the molecule is CC1CC(C)CC(Nc2cn[nH]c2)C1. The molecule has 0 spiro atoms. The third kappa shape index (κ3) is 2.28. The van der Waals surface area contributed by atoms with Gasteiger partial charge in [-0.2, -0.15) is 5.10 Å². The van der Waals surface area contributed by atoms with Crippen LogP contribution in [0.4, 0.5) is 5.69 Å². The predicted octanol–water partition coefficient (Wildman–Crippen LogP) is 2.65. The zero-order chi connectivity index (χ0) is 9.97. The van der Waals surface area contributed by atoms with E-state index in [9.17, 15) is 0 Å². The molecular weight excluding hydrogens is 174 g/mol. The molecule has 3 heteroatoms. The first-order valence-electron chi connectivity index (χ1n) is 5.49. The van der Waals surface area contributed by atoms with Gasteiger partial charge in [-0.3, -0.25) is 5.10 Å². The minimum Gasteiger partial charge on any atom is -0.380 e. The van der Waals surface area contributed by atoms with Crippen molar-refractivity contribution < 1.29 is 0 Å². The summed E-state index contributed by atoms with van der Waals surface area (Å²) in [4.78, 5) is 0. The maximum absolute atomic E-state index is 3.94. The van der Waals surface area contributed by atoms with Gasteiger partial charge in [0.05, 0.1) is 11.9 Å². The van der Waals surface area contributed by atoms with E-state index in [0.717, 1.165) is 17.5 Å². The molecule has 0 aliphatic heterocycles. The van der Waals surface area contributed by atoms with E-state index in [1.807, 2.05) is 12.4 Å². The Morgan fingerprint density at radius 3 is 2.57 bits per heavy atom. The van der Waals surface area contributed by atoms with Gasteiger partial charge in [0, 0.05) is 12.2 Å². The predicted molar refractivity (Wildman–Crippen MR) is 58.2 cm³/mol. The second kappa shape index (κ2) is 4.03. The van der Waals surface area contributed by atoms with Gasteiger partial charge in [0.2, 0.25) is 0 Å². The Labute approximate surface area is 85.3 Å². The molecular formula is C11H19N3. The van der Waals surface area contributed by atoms with Crippen LogP contribution >= 0.6 is 0 Å². The molecule has 0 bridgehead atoms. The number of anilines is 1. The molecule has 0 saturated heterocycles. The van der Waals surface area contributed by atoms with Gasteiger partial charge >= 0.3 is 0 Å². The highest BCUT2D eigenvalue weighted by Gasteiger charge is 2.23. The summed E-state index contributed by atoms with van der Waals surface area (Å²) >= 11 is 0. The van der Waals surface area contributed by atoms with E-state index in [1.165, 1.54) is 19.3 Å². The zero-order valence-electron chi connectivity index (χ0n) is 8.96. The van der Waals surface area contributed by atoms with Crippen LogP contribution in [-0.2, 0) is 0 Å². The zero-order valence-corrected chi connectivity index (χ0v) is 8.96. The Bertz CT molecular complexity index is 258. The summed E-state index contributed by atoms with van der Waals surface area (Å²) in [5.74, 6) is 1.70. The van der Waals surface area contributed by atoms with E-state index in [0.29, 0.717) is 6.04 Å². The molecule has 2 atom stereocenters. The van der Waals surface area contributed by atoms with E-state index in [4.69, 9.17) is 0 Å². The van der Waals surface area contributed by atoms with Crippen molar-refractivity contribution in [3.8, 4) is 0 Å². The number of aromatic nitrogens is 2. The molecule has 2 unspecified atom stereocenters. The van der Waals surface area contributed by atoms with Crippen molar-refractivity contribution in [3.05, 3.63) is 12.4 Å². The highest BCUT2D eigenvalue weighted by molar-refractivity contribution is 5.38. The first-order valence-corrected chi connectivity index (χ1v) is 5.49. The number of H-pyrrole nitrogens is 1. The Morgan fingerprint density at radius 1 is 1.29 bits per heavy atom. The van der Waals surface area contributed by atoms with E-state index in [-0.39, 0.29) is 0 Å². The van der Waals surface area contributed by atoms with Gasteiger partial charge in [0.1, 0.15) is 0 Å². The Hall–Kier alpha value is -0.990. The topological polar surface area (TPSA) is 40.7 Å². The highest BCUT2D eigenvalue weighted by atomic mass is 15.1.